The van der Waals surface area contributed by atoms with Gasteiger partial charge >= 0.3 is 0 Å². The van der Waals surface area contributed by atoms with Gasteiger partial charge in [-0.1, -0.05) is 6.92 Å². The number of benzene rings is 1. The Morgan fingerprint density at radius 3 is 2.90 bits per heavy atom. The van der Waals surface area contributed by atoms with Crippen LogP contribution in [0.4, 0.5) is 10.1 Å². The van der Waals surface area contributed by atoms with E-state index in [-0.39, 0.29) is 11.6 Å². The Hall–Kier alpha value is -2.04. The van der Waals surface area contributed by atoms with Crippen LogP contribution in [-0.4, -0.2) is 16.2 Å². The Bertz CT molecular complexity index is 554. The van der Waals surface area contributed by atoms with Gasteiger partial charge in [-0.15, -0.1) is 0 Å². The highest BCUT2D eigenvalue weighted by Gasteiger charge is 2.05. The van der Waals surface area contributed by atoms with Crippen LogP contribution in [0, 0.1) is 5.82 Å². The lowest BCUT2D eigenvalue weighted by atomic mass is 10.3. The molecule has 20 heavy (non-hydrogen) atoms. The van der Waals surface area contributed by atoms with Gasteiger partial charge in [0.15, 0.2) is 11.6 Å². The molecule has 2 rings (SSSR count). The zero-order valence-electron chi connectivity index (χ0n) is 11.9. The maximum absolute atomic E-state index is 13.7. The third-order valence-corrected chi connectivity index (χ3v) is 2.97. The first-order valence-corrected chi connectivity index (χ1v) is 6.89. The van der Waals surface area contributed by atoms with E-state index in [0.717, 1.165) is 24.3 Å². The third kappa shape index (κ3) is 3.50. The van der Waals surface area contributed by atoms with Gasteiger partial charge in [0.25, 0.3) is 0 Å². The summed E-state index contributed by atoms with van der Waals surface area (Å²) in [5.74, 6) is -0.0620. The fraction of sp³-hybridized carbons (Fsp3) is 0.400. The molecule has 1 aromatic heterocycles. The van der Waals surface area contributed by atoms with Crippen LogP contribution in [0.15, 0.2) is 30.7 Å². The van der Waals surface area contributed by atoms with Crippen molar-refractivity contribution in [1.29, 1.82) is 0 Å². The van der Waals surface area contributed by atoms with Gasteiger partial charge in [-0.2, -0.15) is 0 Å². The SMILES string of the molecule is CCCn1cncc1CNc1ccc(OCC)c(F)c1. The topological polar surface area (TPSA) is 39.1 Å². The second-order valence-electron chi connectivity index (χ2n) is 4.51. The summed E-state index contributed by atoms with van der Waals surface area (Å²) in [6.45, 7) is 5.97. The molecule has 2 aromatic rings. The number of nitrogens with one attached hydrogen (secondary N) is 1. The molecule has 0 aliphatic heterocycles. The Morgan fingerprint density at radius 1 is 1.35 bits per heavy atom. The van der Waals surface area contributed by atoms with Crippen LogP contribution in [0.1, 0.15) is 26.0 Å². The van der Waals surface area contributed by atoms with Crippen molar-refractivity contribution in [2.45, 2.75) is 33.4 Å². The highest BCUT2D eigenvalue weighted by atomic mass is 19.1. The number of anilines is 1. The summed E-state index contributed by atoms with van der Waals surface area (Å²) >= 11 is 0. The van der Waals surface area contributed by atoms with Gasteiger partial charge in [-0.05, 0) is 25.5 Å². The van der Waals surface area contributed by atoms with E-state index in [0.29, 0.717) is 13.2 Å². The molecule has 1 N–H and O–H groups in total. The Balaban J connectivity index is 2.00. The summed E-state index contributed by atoms with van der Waals surface area (Å²) < 4.78 is 21.0. The van der Waals surface area contributed by atoms with E-state index in [4.69, 9.17) is 4.74 Å². The first-order chi connectivity index (χ1) is 9.74. The van der Waals surface area contributed by atoms with Gasteiger partial charge < -0.3 is 14.6 Å². The zero-order valence-corrected chi connectivity index (χ0v) is 11.9. The Kier molecular flexibility index (Phi) is 4.98. The fourth-order valence-electron chi connectivity index (χ4n) is 2.01. The lowest BCUT2D eigenvalue weighted by Crippen LogP contribution is -2.07. The predicted octanol–water partition coefficient (Wildman–Crippen LogP) is 3.44. The molecule has 0 saturated heterocycles. The Labute approximate surface area is 118 Å². The smallest absolute Gasteiger partial charge is 0.167 e. The first-order valence-electron chi connectivity index (χ1n) is 6.89. The van der Waals surface area contributed by atoms with Crippen molar-refractivity contribution >= 4 is 5.69 Å². The molecule has 0 amide bonds. The number of rotatable bonds is 7. The van der Waals surface area contributed by atoms with Gasteiger partial charge in [0.05, 0.1) is 25.2 Å². The van der Waals surface area contributed by atoms with Crippen LogP contribution in [0.2, 0.25) is 0 Å². The van der Waals surface area contributed by atoms with Crippen molar-refractivity contribution in [3.8, 4) is 5.75 Å². The normalized spacial score (nSPS) is 10.6. The molecule has 0 bridgehead atoms. The van der Waals surface area contributed by atoms with E-state index in [1.54, 1.807) is 6.07 Å². The lowest BCUT2D eigenvalue weighted by Gasteiger charge is -2.10. The minimum Gasteiger partial charge on any atom is -0.491 e. The number of hydrogen-bond acceptors (Lipinski definition) is 3. The molecule has 0 unspecified atom stereocenters. The number of nitrogens with zero attached hydrogens (tertiary/aromatic N) is 2. The summed E-state index contributed by atoms with van der Waals surface area (Å²) in [4.78, 5) is 4.14. The van der Waals surface area contributed by atoms with Gasteiger partial charge in [-0.25, -0.2) is 9.37 Å². The van der Waals surface area contributed by atoms with Crippen molar-refractivity contribution in [2.24, 2.45) is 0 Å². The second-order valence-corrected chi connectivity index (χ2v) is 4.51. The average molecular weight is 277 g/mol. The van der Waals surface area contributed by atoms with Crippen molar-refractivity contribution in [1.82, 2.24) is 9.55 Å². The first kappa shape index (κ1) is 14.4. The molecule has 5 heteroatoms. The molecule has 0 aliphatic rings. The molecule has 0 aliphatic carbocycles. The molecule has 4 nitrogen and oxygen atoms in total. The molecule has 0 fully saturated rings. The number of aryl methyl sites for hydroxylation is 1. The van der Waals surface area contributed by atoms with Crippen LogP contribution in [-0.2, 0) is 13.1 Å². The van der Waals surface area contributed by atoms with E-state index >= 15 is 0 Å². The van der Waals surface area contributed by atoms with Crippen LogP contribution in [0.3, 0.4) is 0 Å². The molecule has 0 saturated carbocycles. The largest absolute Gasteiger partial charge is 0.491 e. The standard InChI is InChI=1S/C15H20FN3O/c1-3-7-19-11-17-9-13(19)10-18-12-5-6-15(20-4-2)14(16)8-12/h5-6,8-9,11,18H,3-4,7,10H2,1-2H3. The Morgan fingerprint density at radius 2 is 2.20 bits per heavy atom. The van der Waals surface area contributed by atoms with Crippen molar-refractivity contribution in [3.63, 3.8) is 0 Å². The van der Waals surface area contributed by atoms with Gasteiger partial charge in [0.1, 0.15) is 0 Å². The second kappa shape index (κ2) is 6.93. The number of hydrogen-bond donors (Lipinski definition) is 1. The number of aromatic nitrogens is 2. The van der Waals surface area contributed by atoms with E-state index < -0.39 is 0 Å². The lowest BCUT2D eigenvalue weighted by molar-refractivity contribution is 0.321. The average Bonchev–Trinajstić information content (AvgIpc) is 2.87. The van der Waals surface area contributed by atoms with E-state index in [1.807, 2.05) is 25.5 Å². The molecular weight excluding hydrogens is 257 g/mol. The summed E-state index contributed by atoms with van der Waals surface area (Å²) in [6, 6.07) is 4.91. The van der Waals surface area contributed by atoms with Gasteiger partial charge in [-0.3, -0.25) is 0 Å². The fourth-order valence-corrected chi connectivity index (χ4v) is 2.01. The quantitative estimate of drug-likeness (QED) is 0.842. The van der Waals surface area contributed by atoms with Gasteiger partial charge in [0, 0.05) is 24.5 Å². The summed E-state index contributed by atoms with van der Waals surface area (Å²) in [6.07, 6.45) is 4.70. The molecule has 0 spiro atoms. The molecule has 0 radical (unpaired) electrons. The minimum absolute atomic E-state index is 0.286. The molecule has 1 heterocycles. The molecule has 108 valence electrons. The van der Waals surface area contributed by atoms with E-state index in [1.165, 1.54) is 6.07 Å². The molecule has 1 aromatic carbocycles. The van der Waals surface area contributed by atoms with Crippen LogP contribution < -0.4 is 10.1 Å². The number of ether oxygens (including phenoxy) is 1. The van der Waals surface area contributed by atoms with Gasteiger partial charge in [0.2, 0.25) is 0 Å². The number of halogens is 1. The summed E-state index contributed by atoms with van der Waals surface area (Å²) in [5, 5.41) is 3.20. The van der Waals surface area contributed by atoms with Crippen molar-refractivity contribution in [2.75, 3.05) is 11.9 Å². The van der Waals surface area contributed by atoms with Crippen LogP contribution in [0.25, 0.3) is 0 Å². The van der Waals surface area contributed by atoms with E-state index in [2.05, 4.69) is 21.8 Å². The van der Waals surface area contributed by atoms with E-state index in [9.17, 15) is 4.39 Å². The zero-order chi connectivity index (χ0) is 14.4. The highest BCUT2D eigenvalue weighted by molar-refractivity contribution is 5.47. The predicted molar refractivity (Wildman–Crippen MR) is 77.4 cm³/mol. The summed E-state index contributed by atoms with van der Waals surface area (Å²) in [5.41, 5.74) is 1.82. The van der Waals surface area contributed by atoms with Crippen molar-refractivity contribution < 1.29 is 9.13 Å². The number of imidazole rings is 1. The third-order valence-electron chi connectivity index (χ3n) is 2.97. The maximum atomic E-state index is 13.7. The van der Waals surface area contributed by atoms with Crippen LogP contribution >= 0.6 is 0 Å². The summed E-state index contributed by atoms with van der Waals surface area (Å²) in [7, 11) is 0. The minimum atomic E-state index is -0.348. The maximum Gasteiger partial charge on any atom is 0.167 e. The van der Waals surface area contributed by atoms with Crippen LogP contribution in [0.5, 0.6) is 5.75 Å². The molecule has 0 atom stereocenters. The highest BCUT2D eigenvalue weighted by Crippen LogP contribution is 2.21. The molecular formula is C15H20FN3O. The van der Waals surface area contributed by atoms with Crippen molar-refractivity contribution in [3.05, 3.63) is 42.2 Å². The monoisotopic (exact) mass is 277 g/mol.